The summed E-state index contributed by atoms with van der Waals surface area (Å²) in [5.41, 5.74) is 5.56. The maximum absolute atomic E-state index is 8.75. The third kappa shape index (κ3) is 4.02. The van der Waals surface area contributed by atoms with E-state index in [9.17, 15) is 0 Å². The van der Waals surface area contributed by atoms with Crippen molar-refractivity contribution in [3.63, 3.8) is 0 Å². The van der Waals surface area contributed by atoms with Crippen LogP contribution in [0.15, 0.2) is 53.5 Å². The Labute approximate surface area is 176 Å². The first-order chi connectivity index (χ1) is 14.5. The zero-order valence-corrected chi connectivity index (χ0v) is 17.7. The third-order valence-electron chi connectivity index (χ3n) is 5.19. The first-order valence-corrected chi connectivity index (χ1v) is 10.1. The van der Waals surface area contributed by atoms with Gasteiger partial charge in [0.15, 0.2) is 5.65 Å². The van der Waals surface area contributed by atoms with Gasteiger partial charge in [0.1, 0.15) is 5.82 Å². The standard InChI is InChI=1S/C23H27N7/c1-17-26-27-23-10-9-20-22(30(17)23)15-21(19(24)11-12-25-13-14-28(2)3)29(20)16-18-7-5-4-6-8-18/h4-10,12,15,24H,11,13-14,16H2,1-3H3. The molecule has 7 heteroatoms. The molecule has 4 aromatic rings. The number of hydrogen-bond acceptors (Lipinski definition) is 5. The van der Waals surface area contributed by atoms with Gasteiger partial charge in [-0.1, -0.05) is 30.3 Å². The molecule has 0 aliphatic heterocycles. The van der Waals surface area contributed by atoms with E-state index >= 15 is 0 Å². The van der Waals surface area contributed by atoms with Crippen molar-refractivity contribution >= 4 is 28.6 Å². The molecular formula is C23H27N7. The van der Waals surface area contributed by atoms with Crippen LogP contribution in [0.5, 0.6) is 0 Å². The Morgan fingerprint density at radius 3 is 2.67 bits per heavy atom. The molecule has 4 rings (SSSR count). The van der Waals surface area contributed by atoms with Gasteiger partial charge in [-0.2, -0.15) is 0 Å². The number of nitrogens with one attached hydrogen (secondary N) is 1. The molecule has 0 bridgehead atoms. The van der Waals surface area contributed by atoms with Crippen LogP contribution in [0.3, 0.4) is 0 Å². The van der Waals surface area contributed by atoms with E-state index in [1.165, 1.54) is 5.56 Å². The fraction of sp³-hybridized carbons (Fsp3) is 0.304. The lowest BCUT2D eigenvalue weighted by Gasteiger charge is -2.11. The van der Waals surface area contributed by atoms with Gasteiger partial charge in [-0.25, -0.2) is 0 Å². The van der Waals surface area contributed by atoms with E-state index < -0.39 is 0 Å². The Bertz CT molecular complexity index is 1200. The molecule has 1 aromatic carbocycles. The van der Waals surface area contributed by atoms with Gasteiger partial charge in [0.05, 0.1) is 29.0 Å². The zero-order chi connectivity index (χ0) is 21.1. The van der Waals surface area contributed by atoms with Crippen LogP contribution in [-0.2, 0) is 6.54 Å². The number of fused-ring (bicyclic) bond motifs is 3. The van der Waals surface area contributed by atoms with Gasteiger partial charge < -0.3 is 14.9 Å². The first-order valence-electron chi connectivity index (χ1n) is 10.1. The molecule has 0 saturated heterocycles. The van der Waals surface area contributed by atoms with E-state index in [1.54, 1.807) is 0 Å². The van der Waals surface area contributed by atoms with Crippen LogP contribution < -0.4 is 0 Å². The Balaban J connectivity index is 1.73. The smallest absolute Gasteiger partial charge is 0.161 e. The molecule has 0 spiro atoms. The van der Waals surface area contributed by atoms with Crippen LogP contribution in [-0.4, -0.2) is 63.2 Å². The van der Waals surface area contributed by atoms with Crippen molar-refractivity contribution in [2.75, 3.05) is 27.2 Å². The zero-order valence-electron chi connectivity index (χ0n) is 17.7. The second kappa shape index (κ2) is 8.59. The van der Waals surface area contributed by atoms with Crippen molar-refractivity contribution < 1.29 is 0 Å². The number of aromatic nitrogens is 4. The van der Waals surface area contributed by atoms with Gasteiger partial charge in [-0.15, -0.1) is 10.2 Å². The lowest BCUT2D eigenvalue weighted by Crippen LogP contribution is -2.15. The SMILES string of the molecule is Cc1nnc2ccc3c(cc(C(=N)CC=NCCN(C)C)n3Cc3ccccc3)n12. The number of benzene rings is 1. The van der Waals surface area contributed by atoms with E-state index in [4.69, 9.17) is 5.41 Å². The maximum Gasteiger partial charge on any atom is 0.161 e. The van der Waals surface area contributed by atoms with E-state index in [0.717, 1.165) is 41.3 Å². The minimum absolute atomic E-state index is 0.503. The number of aryl methyl sites for hydroxylation is 1. The second-order valence-corrected chi connectivity index (χ2v) is 7.72. The highest BCUT2D eigenvalue weighted by atomic mass is 15.2. The highest BCUT2D eigenvalue weighted by molar-refractivity contribution is 6.07. The maximum atomic E-state index is 8.75. The van der Waals surface area contributed by atoms with Gasteiger partial charge in [0.25, 0.3) is 0 Å². The Morgan fingerprint density at radius 2 is 1.90 bits per heavy atom. The van der Waals surface area contributed by atoms with E-state index in [0.29, 0.717) is 18.7 Å². The number of likely N-dealkylation sites (N-methyl/N-ethyl adjacent to an activating group) is 1. The Kier molecular flexibility index (Phi) is 5.72. The average Bonchev–Trinajstić information content (AvgIpc) is 3.29. The molecule has 30 heavy (non-hydrogen) atoms. The highest BCUT2D eigenvalue weighted by Gasteiger charge is 2.16. The summed E-state index contributed by atoms with van der Waals surface area (Å²) in [6.07, 6.45) is 2.36. The fourth-order valence-electron chi connectivity index (χ4n) is 3.64. The van der Waals surface area contributed by atoms with Crippen LogP contribution in [0.25, 0.3) is 16.7 Å². The molecule has 0 aliphatic rings. The molecule has 3 heterocycles. The lowest BCUT2D eigenvalue weighted by atomic mass is 10.2. The van der Waals surface area contributed by atoms with E-state index in [1.807, 2.05) is 51.5 Å². The number of nitrogens with zero attached hydrogens (tertiary/aromatic N) is 6. The molecule has 3 aromatic heterocycles. The average molecular weight is 402 g/mol. The summed E-state index contributed by atoms with van der Waals surface area (Å²) in [5, 5.41) is 17.2. The van der Waals surface area contributed by atoms with Gasteiger partial charge in [0, 0.05) is 25.7 Å². The first kappa shape index (κ1) is 20.0. The van der Waals surface area contributed by atoms with Crippen LogP contribution >= 0.6 is 0 Å². The third-order valence-corrected chi connectivity index (χ3v) is 5.19. The lowest BCUT2D eigenvalue weighted by molar-refractivity contribution is 0.421. The highest BCUT2D eigenvalue weighted by Crippen LogP contribution is 2.24. The molecule has 0 radical (unpaired) electrons. The predicted molar refractivity (Wildman–Crippen MR) is 122 cm³/mol. The quantitative estimate of drug-likeness (QED) is 0.460. The Hall–Kier alpha value is -3.32. The van der Waals surface area contributed by atoms with E-state index in [-0.39, 0.29) is 0 Å². The molecule has 7 nitrogen and oxygen atoms in total. The summed E-state index contributed by atoms with van der Waals surface area (Å²) in [4.78, 5) is 6.56. The summed E-state index contributed by atoms with van der Waals surface area (Å²) in [5.74, 6) is 0.843. The predicted octanol–water partition coefficient (Wildman–Crippen LogP) is 3.43. The van der Waals surface area contributed by atoms with Crippen LogP contribution in [0, 0.1) is 12.3 Å². The van der Waals surface area contributed by atoms with Crippen molar-refractivity contribution in [1.29, 1.82) is 5.41 Å². The summed E-state index contributed by atoms with van der Waals surface area (Å²) < 4.78 is 4.26. The topological polar surface area (TPSA) is 74.6 Å². The second-order valence-electron chi connectivity index (χ2n) is 7.72. The van der Waals surface area contributed by atoms with Crippen molar-refractivity contribution in [1.82, 2.24) is 24.1 Å². The Morgan fingerprint density at radius 1 is 1.10 bits per heavy atom. The minimum atomic E-state index is 0.503. The summed E-state index contributed by atoms with van der Waals surface area (Å²) in [7, 11) is 4.07. The van der Waals surface area contributed by atoms with E-state index in [2.05, 4.69) is 53.3 Å². The molecule has 1 N–H and O–H groups in total. The van der Waals surface area contributed by atoms with Gasteiger partial charge in [0.2, 0.25) is 0 Å². The van der Waals surface area contributed by atoms with Crippen LogP contribution in [0.4, 0.5) is 0 Å². The summed E-state index contributed by atoms with van der Waals surface area (Å²) >= 11 is 0. The molecule has 0 fully saturated rings. The van der Waals surface area contributed by atoms with Gasteiger partial charge >= 0.3 is 0 Å². The van der Waals surface area contributed by atoms with Crippen molar-refractivity contribution in [2.24, 2.45) is 4.99 Å². The molecule has 0 aliphatic carbocycles. The normalized spacial score (nSPS) is 12.0. The molecule has 0 unspecified atom stereocenters. The largest absolute Gasteiger partial charge is 0.334 e. The monoisotopic (exact) mass is 401 g/mol. The molecular weight excluding hydrogens is 374 g/mol. The summed E-state index contributed by atoms with van der Waals surface area (Å²) in [6.45, 7) is 4.31. The number of aliphatic imine (C=N–C) groups is 1. The molecule has 0 saturated carbocycles. The van der Waals surface area contributed by atoms with Gasteiger partial charge in [-0.3, -0.25) is 9.39 Å². The number of rotatable bonds is 8. The van der Waals surface area contributed by atoms with Gasteiger partial charge in [-0.05, 0) is 44.8 Å². The molecule has 154 valence electrons. The van der Waals surface area contributed by atoms with Crippen molar-refractivity contribution in [2.45, 2.75) is 19.9 Å². The van der Waals surface area contributed by atoms with Crippen molar-refractivity contribution in [3.8, 4) is 0 Å². The summed E-state index contributed by atoms with van der Waals surface area (Å²) in [6, 6.07) is 16.5. The van der Waals surface area contributed by atoms with Crippen molar-refractivity contribution in [3.05, 3.63) is 65.6 Å². The minimum Gasteiger partial charge on any atom is -0.334 e. The molecule has 0 amide bonds. The number of pyridine rings is 1. The number of hydrogen-bond donors (Lipinski definition) is 1. The fourth-order valence-corrected chi connectivity index (χ4v) is 3.64. The van der Waals surface area contributed by atoms with Crippen LogP contribution in [0.2, 0.25) is 0 Å². The van der Waals surface area contributed by atoms with Crippen LogP contribution in [0.1, 0.15) is 23.5 Å². The molecule has 0 atom stereocenters.